The molecule has 5 rings (SSSR count). The van der Waals surface area contributed by atoms with Gasteiger partial charge in [0.25, 0.3) is 17.7 Å². The molecule has 0 aromatic heterocycles. The molecule has 0 spiro atoms. The van der Waals surface area contributed by atoms with Crippen molar-refractivity contribution in [1.82, 2.24) is 21.1 Å². The number of amides is 3. The Morgan fingerprint density at radius 2 is 1.84 bits per heavy atom. The monoisotopic (exact) mass is 418 g/mol. The Hall–Kier alpha value is -3.03. The molecular weight excluding hydrogens is 392 g/mol. The van der Waals surface area contributed by atoms with Crippen molar-refractivity contribution in [3.63, 3.8) is 0 Å². The van der Waals surface area contributed by atoms with E-state index in [0.717, 1.165) is 31.4 Å². The number of hydrogen-bond donors (Lipinski definition) is 3. The van der Waals surface area contributed by atoms with Crippen LogP contribution in [0.3, 0.4) is 0 Å². The minimum atomic E-state index is -0.325. The van der Waals surface area contributed by atoms with Crippen LogP contribution in [0.1, 0.15) is 55.9 Å². The van der Waals surface area contributed by atoms with Gasteiger partial charge >= 0.3 is 0 Å². The Morgan fingerprint density at radius 3 is 2.68 bits per heavy atom. The molecule has 7 nitrogen and oxygen atoms in total. The van der Waals surface area contributed by atoms with Crippen molar-refractivity contribution in [3.05, 3.63) is 70.8 Å². The van der Waals surface area contributed by atoms with Crippen LogP contribution >= 0.6 is 0 Å². The van der Waals surface area contributed by atoms with E-state index < -0.39 is 0 Å². The molecule has 3 N–H and O–H groups in total. The summed E-state index contributed by atoms with van der Waals surface area (Å²) in [6.07, 6.45) is 3.49. The number of hydrogen-bond acceptors (Lipinski definition) is 5. The van der Waals surface area contributed by atoms with Crippen LogP contribution in [0, 0.1) is 5.92 Å². The van der Waals surface area contributed by atoms with Crippen LogP contribution in [-0.2, 0) is 6.42 Å². The third-order valence-corrected chi connectivity index (χ3v) is 6.67. The Morgan fingerprint density at radius 1 is 1.03 bits per heavy atom. The first-order chi connectivity index (χ1) is 15.1. The van der Waals surface area contributed by atoms with Crippen molar-refractivity contribution >= 4 is 17.7 Å². The van der Waals surface area contributed by atoms with Crippen molar-refractivity contribution < 1.29 is 14.4 Å². The average Bonchev–Trinajstić information content (AvgIpc) is 3.35. The number of imide groups is 1. The van der Waals surface area contributed by atoms with Crippen molar-refractivity contribution in [2.45, 2.75) is 37.8 Å². The normalized spacial score (nSPS) is 24.8. The van der Waals surface area contributed by atoms with E-state index >= 15 is 0 Å². The molecule has 2 aliphatic heterocycles. The van der Waals surface area contributed by atoms with Crippen molar-refractivity contribution in [2.24, 2.45) is 5.92 Å². The predicted molar refractivity (Wildman–Crippen MR) is 115 cm³/mol. The zero-order valence-corrected chi connectivity index (χ0v) is 17.3. The molecule has 1 saturated carbocycles. The molecule has 2 aromatic rings. The van der Waals surface area contributed by atoms with Gasteiger partial charge in [0.1, 0.15) is 0 Å². The summed E-state index contributed by atoms with van der Waals surface area (Å²) < 4.78 is 0. The van der Waals surface area contributed by atoms with Gasteiger partial charge < -0.3 is 5.32 Å². The summed E-state index contributed by atoms with van der Waals surface area (Å²) in [4.78, 5) is 39.7. The number of rotatable bonds is 5. The van der Waals surface area contributed by atoms with E-state index in [9.17, 15) is 14.4 Å². The fraction of sp³-hybridized carbons (Fsp3) is 0.375. The van der Waals surface area contributed by atoms with E-state index in [4.69, 9.17) is 0 Å². The number of hydrazine groups is 1. The molecule has 1 saturated heterocycles. The lowest BCUT2D eigenvalue weighted by Gasteiger charge is -2.31. The highest BCUT2D eigenvalue weighted by atomic mass is 16.2. The number of carbonyl (C=O) groups excluding carboxylic acids is 3. The lowest BCUT2D eigenvalue weighted by atomic mass is 9.83. The zero-order valence-electron chi connectivity index (χ0n) is 17.3. The van der Waals surface area contributed by atoms with E-state index in [2.05, 4.69) is 16.2 Å². The van der Waals surface area contributed by atoms with Gasteiger partial charge in [-0.1, -0.05) is 30.3 Å². The summed E-state index contributed by atoms with van der Waals surface area (Å²) in [5.74, 6) is -0.277. The van der Waals surface area contributed by atoms with Gasteiger partial charge in [0, 0.05) is 30.7 Å². The molecule has 2 heterocycles. The highest BCUT2D eigenvalue weighted by Crippen LogP contribution is 2.28. The summed E-state index contributed by atoms with van der Waals surface area (Å²) >= 11 is 0. The first-order valence-electron chi connectivity index (χ1n) is 10.9. The average molecular weight is 418 g/mol. The van der Waals surface area contributed by atoms with Gasteiger partial charge in [0.15, 0.2) is 0 Å². The summed E-state index contributed by atoms with van der Waals surface area (Å²) in [7, 11) is 0. The fourth-order valence-electron chi connectivity index (χ4n) is 4.92. The number of fused-ring (bicyclic) bond motifs is 2. The van der Waals surface area contributed by atoms with Gasteiger partial charge in [-0.25, -0.2) is 0 Å². The number of benzene rings is 2. The molecule has 160 valence electrons. The number of carbonyl (C=O) groups is 3. The van der Waals surface area contributed by atoms with Crippen molar-refractivity contribution in [1.29, 1.82) is 0 Å². The zero-order chi connectivity index (χ0) is 21.4. The lowest BCUT2D eigenvalue weighted by molar-refractivity contribution is 0.0656. The molecule has 2 aromatic carbocycles. The van der Waals surface area contributed by atoms with E-state index in [1.165, 1.54) is 4.90 Å². The molecule has 3 amide bonds. The molecule has 0 radical (unpaired) electrons. The van der Waals surface area contributed by atoms with Crippen LogP contribution in [0.5, 0.6) is 0 Å². The van der Waals surface area contributed by atoms with Gasteiger partial charge in [0.2, 0.25) is 0 Å². The maximum absolute atomic E-state index is 12.9. The van der Waals surface area contributed by atoms with Gasteiger partial charge in [-0.15, -0.1) is 0 Å². The van der Waals surface area contributed by atoms with Crippen molar-refractivity contribution in [2.75, 3.05) is 13.1 Å². The molecular formula is C24H26N4O3. The van der Waals surface area contributed by atoms with Gasteiger partial charge in [-0.2, -0.15) is 0 Å². The Bertz CT molecular complexity index is 1020. The minimum absolute atomic E-state index is 0.128. The quantitative estimate of drug-likeness (QED) is 0.646. The van der Waals surface area contributed by atoms with Crippen LogP contribution in [-0.4, -0.2) is 47.8 Å². The first-order valence-corrected chi connectivity index (χ1v) is 10.9. The van der Waals surface area contributed by atoms with Crippen molar-refractivity contribution in [3.8, 4) is 0 Å². The summed E-state index contributed by atoms with van der Waals surface area (Å²) in [6.45, 7) is 1.25. The number of nitrogens with zero attached hydrogens (tertiary/aromatic N) is 1. The molecule has 7 heteroatoms. The topological polar surface area (TPSA) is 90.5 Å². The SMILES string of the molecule is O=C(NC1CCC2NNCC2C1)c1ccc2c(c1)C(=O)N(CCc1ccccc1)C2=O. The maximum atomic E-state index is 12.9. The van der Waals surface area contributed by atoms with Crippen LogP contribution < -0.4 is 16.2 Å². The van der Waals surface area contributed by atoms with Crippen LogP contribution in [0.15, 0.2) is 48.5 Å². The second-order valence-corrected chi connectivity index (χ2v) is 8.63. The lowest BCUT2D eigenvalue weighted by Crippen LogP contribution is -2.44. The molecule has 3 atom stereocenters. The standard InChI is InChI=1S/C24H26N4O3/c29-22(26-18-7-9-21-17(12-18)14-25-27-21)16-6-8-19-20(13-16)24(31)28(23(19)30)11-10-15-4-2-1-3-5-15/h1-6,8,13,17-18,21,25,27H,7,9-12,14H2,(H,26,29). The van der Waals surface area contributed by atoms with Gasteiger partial charge in [0.05, 0.1) is 11.1 Å². The number of nitrogens with one attached hydrogen (secondary N) is 3. The Labute approximate surface area is 181 Å². The molecule has 2 fully saturated rings. The third-order valence-electron chi connectivity index (χ3n) is 6.67. The summed E-state index contributed by atoms with van der Waals surface area (Å²) in [5, 5.41) is 3.12. The minimum Gasteiger partial charge on any atom is -0.349 e. The van der Waals surface area contributed by atoms with E-state index in [1.54, 1.807) is 18.2 Å². The largest absolute Gasteiger partial charge is 0.349 e. The maximum Gasteiger partial charge on any atom is 0.261 e. The van der Waals surface area contributed by atoms with Gasteiger partial charge in [-0.3, -0.25) is 30.1 Å². The Kier molecular flexibility index (Phi) is 5.29. The van der Waals surface area contributed by atoms with Crippen LogP contribution in [0.4, 0.5) is 0 Å². The fourth-order valence-corrected chi connectivity index (χ4v) is 4.92. The third kappa shape index (κ3) is 3.86. The first kappa shape index (κ1) is 19.9. The Balaban J connectivity index is 1.25. The second-order valence-electron chi connectivity index (χ2n) is 8.63. The predicted octanol–water partition coefficient (Wildman–Crippen LogP) is 1.90. The van der Waals surface area contributed by atoms with E-state index in [0.29, 0.717) is 41.6 Å². The van der Waals surface area contributed by atoms with E-state index in [-0.39, 0.29) is 23.8 Å². The van der Waals surface area contributed by atoms with Crippen LogP contribution in [0.2, 0.25) is 0 Å². The molecule has 0 bridgehead atoms. The molecule has 31 heavy (non-hydrogen) atoms. The van der Waals surface area contributed by atoms with Crippen LogP contribution in [0.25, 0.3) is 0 Å². The summed E-state index contributed by atoms with van der Waals surface area (Å²) in [6, 6.07) is 15.2. The van der Waals surface area contributed by atoms with Gasteiger partial charge in [-0.05, 0) is 55.4 Å². The summed E-state index contributed by atoms with van der Waals surface area (Å²) in [5.41, 5.74) is 8.67. The second kappa shape index (κ2) is 8.24. The molecule has 3 unspecified atom stereocenters. The molecule has 3 aliphatic rings. The smallest absolute Gasteiger partial charge is 0.261 e. The highest BCUT2D eigenvalue weighted by Gasteiger charge is 2.37. The van der Waals surface area contributed by atoms with E-state index in [1.807, 2.05) is 30.3 Å². The molecule has 1 aliphatic carbocycles. The highest BCUT2D eigenvalue weighted by molar-refractivity contribution is 6.22.